The Morgan fingerprint density at radius 3 is 2.91 bits per heavy atom. The number of benzene rings is 1. The predicted octanol–water partition coefficient (Wildman–Crippen LogP) is 1.94. The van der Waals surface area contributed by atoms with E-state index in [1.165, 1.54) is 6.20 Å². The zero-order chi connectivity index (χ0) is 15.4. The summed E-state index contributed by atoms with van der Waals surface area (Å²) in [5, 5.41) is 12.8. The molecule has 0 spiro atoms. The molecule has 6 nitrogen and oxygen atoms in total. The maximum atomic E-state index is 12.1. The molecule has 0 bridgehead atoms. The smallest absolute Gasteiger partial charge is 0.252 e. The summed E-state index contributed by atoms with van der Waals surface area (Å²) in [5.74, 6) is -0.234. The molecule has 112 valence electrons. The van der Waals surface area contributed by atoms with Gasteiger partial charge in [-0.15, -0.1) is 0 Å². The standard InChI is InChI=1S/C15H14N4O2S/c20-13(10-4-2-1-3-5-10)6-7-16-15(21)11-8-12-14(17-9-11)19-22-18-12/h1-5,8-9,13,20H,6-7H2,(H,16,21). The van der Waals surface area contributed by atoms with Gasteiger partial charge >= 0.3 is 0 Å². The molecule has 7 heteroatoms. The van der Waals surface area contributed by atoms with E-state index in [9.17, 15) is 9.90 Å². The number of aromatic nitrogens is 3. The van der Waals surface area contributed by atoms with Crippen LogP contribution in [0.15, 0.2) is 42.6 Å². The number of fused-ring (bicyclic) bond motifs is 1. The van der Waals surface area contributed by atoms with Crippen LogP contribution in [-0.2, 0) is 0 Å². The van der Waals surface area contributed by atoms with Gasteiger partial charge in [0, 0.05) is 12.7 Å². The average molecular weight is 314 g/mol. The van der Waals surface area contributed by atoms with E-state index in [-0.39, 0.29) is 5.91 Å². The van der Waals surface area contributed by atoms with Crippen molar-refractivity contribution in [1.29, 1.82) is 0 Å². The van der Waals surface area contributed by atoms with Gasteiger partial charge in [0.25, 0.3) is 5.91 Å². The Hall–Kier alpha value is -2.38. The van der Waals surface area contributed by atoms with Crippen LogP contribution in [0.3, 0.4) is 0 Å². The van der Waals surface area contributed by atoms with Gasteiger partial charge in [0.05, 0.1) is 23.4 Å². The lowest BCUT2D eigenvalue weighted by molar-refractivity contribution is 0.0942. The first-order valence-electron chi connectivity index (χ1n) is 6.83. The SMILES string of the molecule is O=C(NCCC(O)c1ccccc1)c1cnc2nsnc2c1. The summed E-state index contributed by atoms with van der Waals surface area (Å²) in [4.78, 5) is 16.1. The van der Waals surface area contributed by atoms with Crippen LogP contribution < -0.4 is 5.32 Å². The van der Waals surface area contributed by atoms with Gasteiger partial charge in [-0.1, -0.05) is 30.3 Å². The summed E-state index contributed by atoms with van der Waals surface area (Å²) in [6, 6.07) is 11.0. The second kappa shape index (κ2) is 6.59. The monoisotopic (exact) mass is 314 g/mol. The summed E-state index contributed by atoms with van der Waals surface area (Å²) >= 11 is 1.07. The molecule has 2 heterocycles. The molecule has 3 aromatic rings. The number of nitrogens with zero attached hydrogens (tertiary/aromatic N) is 3. The van der Waals surface area contributed by atoms with Crippen LogP contribution in [0.25, 0.3) is 11.2 Å². The zero-order valence-electron chi connectivity index (χ0n) is 11.6. The van der Waals surface area contributed by atoms with Gasteiger partial charge in [-0.05, 0) is 18.1 Å². The molecular weight excluding hydrogens is 300 g/mol. The van der Waals surface area contributed by atoms with Crippen LogP contribution in [0, 0.1) is 0 Å². The molecule has 1 aromatic carbocycles. The quantitative estimate of drug-likeness (QED) is 0.751. The van der Waals surface area contributed by atoms with Crippen molar-refractivity contribution >= 4 is 28.8 Å². The van der Waals surface area contributed by atoms with Gasteiger partial charge in [-0.2, -0.15) is 8.75 Å². The fourth-order valence-electron chi connectivity index (χ4n) is 2.08. The second-order valence-electron chi connectivity index (χ2n) is 4.80. The molecule has 0 aliphatic carbocycles. The van der Waals surface area contributed by atoms with E-state index in [0.717, 1.165) is 17.3 Å². The Bertz CT molecular complexity index is 775. The van der Waals surface area contributed by atoms with Crippen molar-refractivity contribution in [3.05, 3.63) is 53.7 Å². The van der Waals surface area contributed by atoms with E-state index in [2.05, 4.69) is 19.0 Å². The second-order valence-corrected chi connectivity index (χ2v) is 5.33. The third kappa shape index (κ3) is 3.26. The van der Waals surface area contributed by atoms with Crippen LogP contribution >= 0.6 is 11.7 Å². The number of pyridine rings is 1. The minimum absolute atomic E-state index is 0.234. The van der Waals surface area contributed by atoms with E-state index >= 15 is 0 Å². The number of carbonyl (C=O) groups excluding carboxylic acids is 1. The predicted molar refractivity (Wildman–Crippen MR) is 83.6 cm³/mol. The fourth-order valence-corrected chi connectivity index (χ4v) is 2.56. The van der Waals surface area contributed by atoms with Crippen LogP contribution in [-0.4, -0.2) is 31.3 Å². The first kappa shape index (κ1) is 14.6. The van der Waals surface area contributed by atoms with E-state index in [0.29, 0.717) is 29.7 Å². The van der Waals surface area contributed by atoms with Crippen molar-refractivity contribution in [3.8, 4) is 0 Å². The molecule has 0 saturated carbocycles. The Labute approximate surface area is 131 Å². The van der Waals surface area contributed by atoms with Crippen molar-refractivity contribution < 1.29 is 9.90 Å². The Balaban J connectivity index is 1.56. The number of hydrogen-bond acceptors (Lipinski definition) is 6. The van der Waals surface area contributed by atoms with Crippen molar-refractivity contribution in [2.45, 2.75) is 12.5 Å². The van der Waals surface area contributed by atoms with E-state index in [1.54, 1.807) is 6.07 Å². The molecule has 1 atom stereocenters. The number of carbonyl (C=O) groups is 1. The van der Waals surface area contributed by atoms with Gasteiger partial charge in [0.2, 0.25) is 0 Å². The normalized spacial score (nSPS) is 12.2. The molecule has 22 heavy (non-hydrogen) atoms. The number of amides is 1. The van der Waals surface area contributed by atoms with Crippen LogP contribution in [0.5, 0.6) is 0 Å². The fraction of sp³-hybridized carbons (Fsp3) is 0.200. The minimum Gasteiger partial charge on any atom is -0.388 e. The van der Waals surface area contributed by atoms with Crippen molar-refractivity contribution in [2.24, 2.45) is 0 Å². The molecule has 0 aliphatic heterocycles. The Morgan fingerprint density at radius 2 is 2.09 bits per heavy atom. The van der Waals surface area contributed by atoms with E-state index < -0.39 is 6.10 Å². The highest BCUT2D eigenvalue weighted by molar-refractivity contribution is 7.00. The summed E-state index contributed by atoms with van der Waals surface area (Å²) < 4.78 is 8.05. The number of rotatable bonds is 5. The lowest BCUT2D eigenvalue weighted by Crippen LogP contribution is -2.25. The number of aliphatic hydroxyl groups is 1. The van der Waals surface area contributed by atoms with Gasteiger partial charge < -0.3 is 10.4 Å². The van der Waals surface area contributed by atoms with Gasteiger partial charge in [-0.3, -0.25) is 4.79 Å². The highest BCUT2D eigenvalue weighted by Gasteiger charge is 2.11. The summed E-state index contributed by atoms with van der Waals surface area (Å²) in [6.07, 6.45) is 1.33. The molecule has 0 fully saturated rings. The van der Waals surface area contributed by atoms with Crippen molar-refractivity contribution in [3.63, 3.8) is 0 Å². The third-order valence-electron chi connectivity index (χ3n) is 3.26. The Morgan fingerprint density at radius 1 is 1.27 bits per heavy atom. The maximum Gasteiger partial charge on any atom is 0.252 e. The van der Waals surface area contributed by atoms with Crippen LogP contribution in [0.4, 0.5) is 0 Å². The molecular formula is C15H14N4O2S. The highest BCUT2D eigenvalue weighted by atomic mass is 32.1. The van der Waals surface area contributed by atoms with Crippen molar-refractivity contribution in [1.82, 2.24) is 19.0 Å². The molecule has 1 amide bonds. The van der Waals surface area contributed by atoms with E-state index in [1.807, 2.05) is 30.3 Å². The molecule has 0 radical (unpaired) electrons. The van der Waals surface area contributed by atoms with Crippen molar-refractivity contribution in [2.75, 3.05) is 6.54 Å². The van der Waals surface area contributed by atoms with Gasteiger partial charge in [0.15, 0.2) is 5.65 Å². The number of aliphatic hydroxyl groups excluding tert-OH is 1. The molecule has 2 aromatic heterocycles. The van der Waals surface area contributed by atoms with Crippen LogP contribution in [0.1, 0.15) is 28.4 Å². The average Bonchev–Trinajstić information content (AvgIpc) is 3.03. The lowest BCUT2D eigenvalue weighted by atomic mass is 10.1. The topological polar surface area (TPSA) is 88.0 Å². The molecule has 0 aliphatic rings. The summed E-state index contributed by atoms with van der Waals surface area (Å²) in [7, 11) is 0. The molecule has 3 rings (SSSR count). The molecule has 1 unspecified atom stereocenters. The zero-order valence-corrected chi connectivity index (χ0v) is 12.5. The summed E-state index contributed by atoms with van der Waals surface area (Å²) in [5.41, 5.74) is 2.44. The minimum atomic E-state index is -0.593. The molecule has 2 N–H and O–H groups in total. The highest BCUT2D eigenvalue weighted by Crippen LogP contribution is 2.15. The third-order valence-corrected chi connectivity index (χ3v) is 3.80. The maximum absolute atomic E-state index is 12.1. The number of nitrogens with one attached hydrogen (secondary N) is 1. The van der Waals surface area contributed by atoms with E-state index in [4.69, 9.17) is 0 Å². The Kier molecular flexibility index (Phi) is 4.36. The lowest BCUT2D eigenvalue weighted by Gasteiger charge is -2.11. The van der Waals surface area contributed by atoms with Gasteiger partial charge in [-0.25, -0.2) is 4.98 Å². The first-order chi connectivity index (χ1) is 10.7. The molecule has 0 saturated heterocycles. The summed E-state index contributed by atoms with van der Waals surface area (Å²) in [6.45, 7) is 0.377. The first-order valence-corrected chi connectivity index (χ1v) is 7.56. The van der Waals surface area contributed by atoms with Gasteiger partial charge in [0.1, 0.15) is 5.52 Å². The largest absolute Gasteiger partial charge is 0.388 e. The van der Waals surface area contributed by atoms with Crippen LogP contribution in [0.2, 0.25) is 0 Å². The number of hydrogen-bond donors (Lipinski definition) is 2.